The fourth-order valence-electron chi connectivity index (χ4n) is 3.92. The smallest absolute Gasteiger partial charge is 0.415 e. The molecule has 0 aromatic carbocycles. The van der Waals surface area contributed by atoms with Crippen molar-refractivity contribution in [3.05, 3.63) is 24.8 Å². The van der Waals surface area contributed by atoms with Crippen LogP contribution in [0.1, 0.15) is 46.5 Å². The molecule has 0 bridgehead atoms. The zero-order valence-electron chi connectivity index (χ0n) is 22.4. The Morgan fingerprint density at radius 1 is 1.00 bits per heavy atom. The van der Waals surface area contributed by atoms with E-state index < -0.39 is 17.8 Å². The molecule has 202 valence electrons. The molecule has 2 aromatic rings. The highest BCUT2D eigenvalue weighted by Crippen LogP contribution is 2.28. The van der Waals surface area contributed by atoms with Crippen LogP contribution in [-0.2, 0) is 9.47 Å². The van der Waals surface area contributed by atoms with E-state index in [0.717, 1.165) is 0 Å². The van der Waals surface area contributed by atoms with E-state index in [-0.39, 0.29) is 24.7 Å². The van der Waals surface area contributed by atoms with Gasteiger partial charge in [0.05, 0.1) is 25.2 Å². The maximum absolute atomic E-state index is 13.2. The van der Waals surface area contributed by atoms with Crippen molar-refractivity contribution in [2.45, 2.75) is 64.1 Å². The van der Waals surface area contributed by atoms with Gasteiger partial charge in [-0.25, -0.2) is 24.5 Å². The van der Waals surface area contributed by atoms with Crippen molar-refractivity contribution in [3.63, 3.8) is 0 Å². The number of hydrogen-bond acceptors (Lipinski definition) is 10. The van der Waals surface area contributed by atoms with E-state index in [1.54, 1.807) is 29.7 Å². The van der Waals surface area contributed by atoms with E-state index in [4.69, 9.17) is 14.2 Å². The van der Waals surface area contributed by atoms with Crippen LogP contribution in [0, 0.1) is 0 Å². The summed E-state index contributed by atoms with van der Waals surface area (Å²) in [6.07, 6.45) is 8.15. The molecule has 0 atom stereocenters. The van der Waals surface area contributed by atoms with Crippen LogP contribution < -0.4 is 15.0 Å². The van der Waals surface area contributed by atoms with Crippen molar-refractivity contribution in [2.24, 2.45) is 0 Å². The van der Waals surface area contributed by atoms with Crippen molar-refractivity contribution >= 4 is 18.0 Å². The topological polar surface area (TPSA) is 132 Å². The van der Waals surface area contributed by atoms with Gasteiger partial charge in [0.1, 0.15) is 12.2 Å². The quantitative estimate of drug-likeness (QED) is 0.558. The molecule has 0 unspecified atom stereocenters. The number of hydrogen-bond donors (Lipinski definition) is 1. The predicted molar refractivity (Wildman–Crippen MR) is 137 cm³/mol. The van der Waals surface area contributed by atoms with Crippen molar-refractivity contribution < 1.29 is 23.8 Å². The number of anilines is 1. The van der Waals surface area contributed by atoms with Gasteiger partial charge in [0.25, 0.3) is 0 Å². The average Bonchev–Trinajstić information content (AvgIpc) is 2.84. The van der Waals surface area contributed by atoms with Gasteiger partial charge in [0, 0.05) is 36.6 Å². The second-order valence-electron chi connectivity index (χ2n) is 10.2. The van der Waals surface area contributed by atoms with Crippen molar-refractivity contribution in [2.75, 3.05) is 39.3 Å². The third-order valence-electron chi connectivity index (χ3n) is 5.73. The Hall–Kier alpha value is -3.54. The van der Waals surface area contributed by atoms with Gasteiger partial charge in [0.2, 0.25) is 0 Å². The number of aromatic nitrogens is 4. The van der Waals surface area contributed by atoms with Crippen molar-refractivity contribution in [1.29, 1.82) is 0 Å². The monoisotopic (exact) mass is 515 g/mol. The van der Waals surface area contributed by atoms with Crippen molar-refractivity contribution in [3.8, 4) is 17.3 Å². The third-order valence-corrected chi connectivity index (χ3v) is 5.73. The molecular formula is C25H37N7O5. The highest BCUT2D eigenvalue weighted by molar-refractivity contribution is 5.87. The zero-order valence-corrected chi connectivity index (χ0v) is 22.4. The molecule has 2 heterocycles. The van der Waals surface area contributed by atoms with Gasteiger partial charge in [-0.3, -0.25) is 9.88 Å². The number of amides is 2. The SMILES string of the molecule is COc1ncc(-c2cnc(N(C(=O)OCCN(C)C)C3CCC(NC(=O)OC(C)(C)C)CC3)cn2)cn1. The number of nitrogens with zero attached hydrogens (tertiary/aromatic N) is 6. The fourth-order valence-corrected chi connectivity index (χ4v) is 3.92. The van der Waals surface area contributed by atoms with Crippen LogP contribution in [-0.4, -0.2) is 89.1 Å². The number of carbonyl (C=O) groups is 2. The first kappa shape index (κ1) is 28.0. The molecule has 37 heavy (non-hydrogen) atoms. The van der Waals surface area contributed by atoms with Gasteiger partial charge in [-0.15, -0.1) is 0 Å². The highest BCUT2D eigenvalue weighted by atomic mass is 16.6. The lowest BCUT2D eigenvalue weighted by molar-refractivity contribution is 0.0490. The maximum Gasteiger partial charge on any atom is 0.415 e. The molecule has 2 amide bonds. The molecule has 12 heteroatoms. The number of methoxy groups -OCH3 is 1. The highest BCUT2D eigenvalue weighted by Gasteiger charge is 2.33. The number of nitrogens with one attached hydrogen (secondary N) is 1. The van der Waals surface area contributed by atoms with Crippen LogP contribution in [0.4, 0.5) is 15.4 Å². The number of ether oxygens (including phenoxy) is 3. The second kappa shape index (κ2) is 12.6. The first-order chi connectivity index (χ1) is 17.6. The summed E-state index contributed by atoms with van der Waals surface area (Å²) in [5.74, 6) is 0.400. The summed E-state index contributed by atoms with van der Waals surface area (Å²) >= 11 is 0. The molecule has 3 rings (SSSR count). The van der Waals surface area contributed by atoms with Gasteiger partial charge >= 0.3 is 18.2 Å². The van der Waals surface area contributed by atoms with Crippen LogP contribution in [0.2, 0.25) is 0 Å². The van der Waals surface area contributed by atoms with Gasteiger partial charge in [-0.05, 0) is 60.5 Å². The Morgan fingerprint density at radius 2 is 1.68 bits per heavy atom. The molecule has 0 radical (unpaired) electrons. The second-order valence-corrected chi connectivity index (χ2v) is 10.2. The molecule has 0 spiro atoms. The molecule has 1 saturated carbocycles. The Balaban J connectivity index is 1.71. The Bertz CT molecular complexity index is 1020. The summed E-state index contributed by atoms with van der Waals surface area (Å²) in [5, 5.41) is 2.93. The maximum atomic E-state index is 13.2. The number of carbonyl (C=O) groups excluding carboxylic acids is 2. The van der Waals surface area contributed by atoms with E-state index in [2.05, 4.69) is 25.3 Å². The predicted octanol–water partition coefficient (Wildman–Crippen LogP) is 3.28. The fraction of sp³-hybridized carbons (Fsp3) is 0.600. The summed E-state index contributed by atoms with van der Waals surface area (Å²) in [7, 11) is 5.33. The number of likely N-dealkylation sites (N-methyl/N-ethyl adjacent to an activating group) is 1. The Kier molecular flexibility index (Phi) is 9.56. The summed E-state index contributed by atoms with van der Waals surface area (Å²) in [6.45, 7) is 6.35. The van der Waals surface area contributed by atoms with Crippen molar-refractivity contribution in [1.82, 2.24) is 30.2 Å². The Morgan fingerprint density at radius 3 is 2.22 bits per heavy atom. The van der Waals surface area contributed by atoms with Gasteiger partial charge in [0.15, 0.2) is 5.82 Å². The molecule has 1 aliphatic carbocycles. The van der Waals surface area contributed by atoms with Gasteiger partial charge in [-0.2, -0.15) is 0 Å². The molecule has 1 N–H and O–H groups in total. The van der Waals surface area contributed by atoms with E-state index in [1.807, 2.05) is 39.8 Å². The molecular weight excluding hydrogens is 478 g/mol. The number of alkyl carbamates (subject to hydrolysis) is 1. The minimum Gasteiger partial charge on any atom is -0.467 e. The summed E-state index contributed by atoms with van der Waals surface area (Å²) < 4.78 is 15.9. The van der Waals surface area contributed by atoms with Gasteiger partial charge in [-0.1, -0.05) is 0 Å². The van der Waals surface area contributed by atoms with E-state index in [0.29, 0.717) is 49.3 Å². The van der Waals surface area contributed by atoms with E-state index in [9.17, 15) is 9.59 Å². The largest absolute Gasteiger partial charge is 0.467 e. The minimum absolute atomic E-state index is 0.0266. The van der Waals surface area contributed by atoms with Crippen LogP contribution in [0.25, 0.3) is 11.3 Å². The molecule has 12 nitrogen and oxygen atoms in total. The first-order valence-electron chi connectivity index (χ1n) is 12.3. The number of rotatable bonds is 8. The van der Waals surface area contributed by atoms with Crippen LogP contribution in [0.3, 0.4) is 0 Å². The zero-order chi connectivity index (χ0) is 27.0. The molecule has 0 aliphatic heterocycles. The van der Waals surface area contributed by atoms with Crippen LogP contribution in [0.5, 0.6) is 6.01 Å². The molecule has 2 aromatic heterocycles. The molecule has 1 aliphatic rings. The minimum atomic E-state index is -0.558. The first-order valence-corrected chi connectivity index (χ1v) is 12.3. The van der Waals surface area contributed by atoms with Crippen LogP contribution >= 0.6 is 0 Å². The lowest BCUT2D eigenvalue weighted by Gasteiger charge is -2.36. The lowest BCUT2D eigenvalue weighted by Crippen LogP contribution is -2.48. The Labute approximate surface area is 217 Å². The summed E-state index contributed by atoms with van der Waals surface area (Å²) in [6, 6.07) is 0.0889. The van der Waals surface area contributed by atoms with E-state index >= 15 is 0 Å². The normalized spacial score (nSPS) is 17.7. The lowest BCUT2D eigenvalue weighted by atomic mass is 9.90. The molecule has 0 saturated heterocycles. The standard InChI is InChI=1S/C25H37N7O5/c1-25(2,3)37-23(33)30-18-7-9-19(10-8-18)32(24(34)36-12-11-31(4)5)21-16-26-20(15-27-21)17-13-28-22(35-6)29-14-17/h13-16,18-19H,7-12H2,1-6H3,(H,30,33). The third kappa shape index (κ3) is 8.52. The summed E-state index contributed by atoms with van der Waals surface area (Å²) in [5.41, 5.74) is 0.684. The average molecular weight is 516 g/mol. The van der Waals surface area contributed by atoms with E-state index in [1.165, 1.54) is 7.11 Å². The molecule has 1 fully saturated rings. The van der Waals surface area contributed by atoms with Gasteiger partial charge < -0.3 is 24.4 Å². The van der Waals surface area contributed by atoms with Crippen LogP contribution in [0.15, 0.2) is 24.8 Å². The summed E-state index contributed by atoms with van der Waals surface area (Å²) in [4.78, 5) is 46.0.